The Morgan fingerprint density at radius 2 is 2.09 bits per heavy atom. The van der Waals surface area contributed by atoms with E-state index in [0.717, 1.165) is 42.8 Å². The minimum atomic E-state index is -0.655. The number of fused-ring (bicyclic) bond motifs is 2. The summed E-state index contributed by atoms with van der Waals surface area (Å²) in [5, 5.41) is 0.446. The van der Waals surface area contributed by atoms with Gasteiger partial charge in [0.1, 0.15) is 21.3 Å². The van der Waals surface area contributed by atoms with Crippen molar-refractivity contribution in [3.8, 4) is 0 Å². The normalized spacial score (nSPS) is 13.5. The van der Waals surface area contributed by atoms with Crippen LogP contribution in [0, 0.1) is 12.7 Å². The van der Waals surface area contributed by atoms with Gasteiger partial charge in [-0.1, -0.05) is 18.6 Å². The molecule has 0 saturated carbocycles. The Morgan fingerprint density at radius 1 is 1.28 bits per heavy atom. The summed E-state index contributed by atoms with van der Waals surface area (Å²) in [5.74, 6) is -0.684. The minimum absolute atomic E-state index is 0.120. The van der Waals surface area contributed by atoms with Gasteiger partial charge in [-0.15, -0.1) is 11.3 Å². The fourth-order valence-electron chi connectivity index (χ4n) is 3.90. The second-order valence-corrected chi connectivity index (χ2v) is 8.99. The van der Waals surface area contributed by atoms with E-state index in [-0.39, 0.29) is 22.8 Å². The van der Waals surface area contributed by atoms with Crippen molar-refractivity contribution in [3.05, 3.63) is 62.3 Å². The summed E-state index contributed by atoms with van der Waals surface area (Å²) in [6, 6.07) is 5.97. The van der Waals surface area contributed by atoms with Crippen molar-refractivity contribution >= 4 is 33.4 Å². The van der Waals surface area contributed by atoms with Crippen LogP contribution in [0.4, 0.5) is 4.39 Å². The number of hydrogen-bond acceptors (Lipinski definition) is 6. The van der Waals surface area contributed by atoms with E-state index in [4.69, 9.17) is 4.74 Å². The Labute approximate surface area is 188 Å². The molecule has 0 aliphatic carbocycles. The number of hydrogen-bond donors (Lipinski definition) is 0. The molecule has 32 heavy (non-hydrogen) atoms. The first-order valence-corrected chi connectivity index (χ1v) is 11.3. The summed E-state index contributed by atoms with van der Waals surface area (Å²) < 4.78 is 20.3. The summed E-state index contributed by atoms with van der Waals surface area (Å²) in [5.41, 5.74) is 1.05. The Balaban J connectivity index is 1.48. The highest BCUT2D eigenvalue weighted by Crippen LogP contribution is 2.29. The van der Waals surface area contributed by atoms with E-state index in [9.17, 15) is 18.8 Å². The van der Waals surface area contributed by atoms with Crippen molar-refractivity contribution in [2.75, 3.05) is 13.7 Å². The maximum absolute atomic E-state index is 13.3. The molecule has 0 spiro atoms. The highest BCUT2D eigenvalue weighted by Gasteiger charge is 2.24. The maximum atomic E-state index is 13.3. The molecule has 0 fully saturated rings. The Kier molecular flexibility index (Phi) is 6.36. The molecule has 1 aromatic carbocycles. The Bertz CT molecular complexity index is 1250. The maximum Gasteiger partial charge on any atom is 0.349 e. The smallest absolute Gasteiger partial charge is 0.349 e. The molecule has 0 atom stereocenters. The summed E-state index contributed by atoms with van der Waals surface area (Å²) in [6.07, 6.45) is 3.73. The standard InChI is InChI=1S/C23H24FN3O4S/c1-14-19-21(25-17-9-4-3-5-10-27(17)22(19)29)32-20(14)23(30)31-13-18(28)26(2)12-15-7-6-8-16(24)11-15/h6-8,11H,3-5,9-10,12-13H2,1-2H3. The number of rotatable bonds is 5. The fraction of sp³-hybridized carbons (Fsp3) is 0.391. The van der Waals surface area contributed by atoms with E-state index in [1.807, 2.05) is 0 Å². The molecule has 168 valence electrons. The van der Waals surface area contributed by atoms with Crippen molar-refractivity contribution in [2.24, 2.45) is 0 Å². The van der Waals surface area contributed by atoms with Crippen molar-refractivity contribution in [1.82, 2.24) is 14.5 Å². The van der Waals surface area contributed by atoms with Gasteiger partial charge in [0.25, 0.3) is 11.5 Å². The first-order chi connectivity index (χ1) is 15.3. The van der Waals surface area contributed by atoms with Crippen molar-refractivity contribution < 1.29 is 18.7 Å². The number of thiophene rings is 1. The number of amides is 1. The monoisotopic (exact) mass is 457 g/mol. The lowest BCUT2D eigenvalue weighted by Crippen LogP contribution is -2.30. The fourth-order valence-corrected chi connectivity index (χ4v) is 4.99. The van der Waals surface area contributed by atoms with Gasteiger partial charge in [0.2, 0.25) is 0 Å². The molecular formula is C23H24FN3O4S. The second kappa shape index (κ2) is 9.20. The number of halogens is 1. The number of likely N-dealkylation sites (N-methyl/N-ethyl adjacent to an activating group) is 1. The molecule has 1 amide bonds. The topological polar surface area (TPSA) is 81.5 Å². The van der Waals surface area contributed by atoms with Crippen LogP contribution in [0.1, 0.15) is 45.9 Å². The molecule has 4 rings (SSSR count). The molecule has 0 unspecified atom stereocenters. The average Bonchev–Trinajstić information content (AvgIpc) is 2.93. The van der Waals surface area contributed by atoms with E-state index in [2.05, 4.69) is 4.98 Å². The first-order valence-electron chi connectivity index (χ1n) is 10.5. The van der Waals surface area contributed by atoms with Gasteiger partial charge in [-0.3, -0.25) is 14.2 Å². The molecule has 3 heterocycles. The van der Waals surface area contributed by atoms with Gasteiger partial charge in [-0.25, -0.2) is 14.2 Å². The van der Waals surface area contributed by atoms with Gasteiger partial charge in [0.05, 0.1) is 5.39 Å². The lowest BCUT2D eigenvalue weighted by molar-refractivity contribution is -0.133. The summed E-state index contributed by atoms with van der Waals surface area (Å²) >= 11 is 1.12. The van der Waals surface area contributed by atoms with Crippen LogP contribution < -0.4 is 5.56 Å². The van der Waals surface area contributed by atoms with Crippen molar-refractivity contribution in [3.63, 3.8) is 0 Å². The lowest BCUT2D eigenvalue weighted by Gasteiger charge is -2.17. The molecule has 7 nitrogen and oxygen atoms in total. The van der Waals surface area contributed by atoms with Gasteiger partial charge in [-0.05, 0) is 43.0 Å². The zero-order chi connectivity index (χ0) is 22.8. The van der Waals surface area contributed by atoms with E-state index in [0.29, 0.717) is 27.9 Å². The van der Waals surface area contributed by atoms with Gasteiger partial charge >= 0.3 is 5.97 Å². The summed E-state index contributed by atoms with van der Waals surface area (Å²) in [4.78, 5) is 44.9. The highest BCUT2D eigenvalue weighted by atomic mass is 32.1. The third-order valence-corrected chi connectivity index (χ3v) is 6.82. The summed E-state index contributed by atoms with van der Waals surface area (Å²) in [6.45, 7) is 2.10. The molecule has 0 N–H and O–H groups in total. The van der Waals surface area contributed by atoms with E-state index in [1.165, 1.54) is 17.0 Å². The molecule has 1 aliphatic rings. The summed E-state index contributed by atoms with van der Waals surface area (Å²) in [7, 11) is 1.56. The van der Waals surface area contributed by atoms with Crippen LogP contribution in [0.5, 0.6) is 0 Å². The number of esters is 1. The molecule has 0 saturated heterocycles. The molecule has 2 aromatic heterocycles. The van der Waals surface area contributed by atoms with Crippen LogP contribution >= 0.6 is 11.3 Å². The predicted molar refractivity (Wildman–Crippen MR) is 119 cm³/mol. The van der Waals surface area contributed by atoms with Crippen LogP contribution in [-0.2, 0) is 29.0 Å². The van der Waals surface area contributed by atoms with Crippen LogP contribution in [0.3, 0.4) is 0 Å². The number of nitrogens with zero attached hydrogens (tertiary/aromatic N) is 3. The quantitative estimate of drug-likeness (QED) is 0.548. The molecule has 3 aromatic rings. The van der Waals surface area contributed by atoms with Crippen LogP contribution in [-0.4, -0.2) is 40.0 Å². The van der Waals surface area contributed by atoms with Gasteiger partial charge in [-0.2, -0.15) is 0 Å². The predicted octanol–water partition coefficient (Wildman–Crippen LogP) is 3.45. The number of carbonyl (C=O) groups is 2. The molecule has 0 bridgehead atoms. The van der Waals surface area contributed by atoms with Gasteiger partial charge in [0, 0.05) is 26.6 Å². The third-order valence-electron chi connectivity index (χ3n) is 5.66. The number of benzene rings is 1. The number of aryl methyl sites for hydroxylation is 2. The minimum Gasteiger partial charge on any atom is -0.451 e. The van der Waals surface area contributed by atoms with Crippen LogP contribution in [0.15, 0.2) is 29.1 Å². The van der Waals surface area contributed by atoms with E-state index >= 15 is 0 Å². The highest BCUT2D eigenvalue weighted by molar-refractivity contribution is 7.20. The zero-order valence-corrected chi connectivity index (χ0v) is 18.8. The molecule has 1 aliphatic heterocycles. The molecule has 9 heteroatoms. The number of carbonyl (C=O) groups excluding carboxylic acids is 2. The largest absolute Gasteiger partial charge is 0.451 e. The third kappa shape index (κ3) is 4.43. The van der Waals surface area contributed by atoms with Gasteiger partial charge < -0.3 is 9.64 Å². The Morgan fingerprint density at radius 3 is 2.88 bits per heavy atom. The number of aromatic nitrogens is 2. The van der Waals surface area contributed by atoms with E-state index < -0.39 is 18.5 Å². The van der Waals surface area contributed by atoms with Crippen LogP contribution in [0.2, 0.25) is 0 Å². The average molecular weight is 458 g/mol. The Hall–Kier alpha value is -3.07. The zero-order valence-electron chi connectivity index (χ0n) is 18.0. The van der Waals surface area contributed by atoms with E-state index in [1.54, 1.807) is 30.7 Å². The van der Waals surface area contributed by atoms with Crippen LogP contribution in [0.25, 0.3) is 10.2 Å². The second-order valence-electron chi connectivity index (χ2n) is 7.99. The lowest BCUT2D eigenvalue weighted by atomic mass is 10.2. The van der Waals surface area contributed by atoms with Gasteiger partial charge in [0.15, 0.2) is 6.61 Å². The number of ether oxygens (including phenoxy) is 1. The van der Waals surface area contributed by atoms with Crippen molar-refractivity contribution in [2.45, 2.75) is 45.7 Å². The first kappa shape index (κ1) is 22.1. The molecular weight excluding hydrogens is 433 g/mol. The van der Waals surface area contributed by atoms with Crippen molar-refractivity contribution in [1.29, 1.82) is 0 Å². The molecule has 0 radical (unpaired) electrons. The SMILES string of the molecule is Cc1c(C(=O)OCC(=O)N(C)Cc2cccc(F)c2)sc2nc3n(c(=O)c12)CCCCC3.